The Morgan fingerprint density at radius 3 is 1.56 bits per heavy atom. The third-order valence-corrected chi connectivity index (χ3v) is 19.1. The highest BCUT2D eigenvalue weighted by Crippen LogP contribution is 2.67. The topological polar surface area (TPSA) is 93.1 Å². The molecular weight excluding hydrogens is 673 g/mol. The highest BCUT2D eigenvalue weighted by molar-refractivity contribution is 5.73. The molecule has 0 radical (unpaired) electrons. The molecule has 0 bridgehead atoms. The molecule has 0 aromatic carbocycles. The Morgan fingerprint density at radius 1 is 0.593 bits per heavy atom. The lowest BCUT2D eigenvalue weighted by molar-refractivity contribution is -0.181. The fourth-order valence-electron chi connectivity index (χ4n) is 16.7. The largest absolute Gasteiger partial charge is 0.459 e. The molecule has 13 atom stereocenters. The first-order valence-corrected chi connectivity index (χ1v) is 22.5. The van der Waals surface area contributed by atoms with Crippen LogP contribution in [0, 0.1) is 68.0 Å². The number of rotatable bonds is 2. The van der Waals surface area contributed by atoms with Crippen LogP contribution in [0.15, 0.2) is 0 Å². The first kappa shape index (κ1) is 42.6. The standard InChI is InChI=1S/C16H28O2.C16H26O2.C16H28O2/c2*1-14(2)7-5-8-15(3)11(14)6-9-16(4)12(15)10-13(17)18-16;1-14(2)8-5-9-15(3)12(14)6-10-16(4,18)13(15)7-11-17/h11-13,17H,5-10H2,1-4H3;11-12H,5-10H2,1-4H3;11-13,18H,5-10H2,1-4H3. The first-order valence-electron chi connectivity index (χ1n) is 22.5. The van der Waals surface area contributed by atoms with Crippen molar-refractivity contribution >= 4 is 12.3 Å². The summed E-state index contributed by atoms with van der Waals surface area (Å²) < 4.78 is 11.6. The van der Waals surface area contributed by atoms with Crippen LogP contribution in [0.3, 0.4) is 0 Å². The second-order valence-electron chi connectivity index (χ2n) is 23.8. The van der Waals surface area contributed by atoms with Crippen LogP contribution in [0.1, 0.15) is 199 Å². The Kier molecular flexibility index (Phi) is 11.1. The maximum Gasteiger partial charge on any atom is 0.306 e. The van der Waals surface area contributed by atoms with Crippen LogP contribution >= 0.6 is 0 Å². The van der Waals surface area contributed by atoms with E-state index >= 15 is 0 Å². The number of esters is 1. The third-order valence-electron chi connectivity index (χ3n) is 19.1. The van der Waals surface area contributed by atoms with Gasteiger partial charge in [0.25, 0.3) is 0 Å². The van der Waals surface area contributed by atoms with Crippen LogP contribution in [0.5, 0.6) is 0 Å². The van der Waals surface area contributed by atoms with Crippen molar-refractivity contribution in [1.29, 1.82) is 0 Å². The molecule has 0 aromatic heterocycles. The molecule has 0 amide bonds. The molecule has 6 aliphatic carbocycles. The number of aliphatic hydroxyl groups excluding tert-OH is 1. The van der Waals surface area contributed by atoms with Crippen molar-refractivity contribution in [2.24, 2.45) is 68.0 Å². The number of ether oxygens (including phenoxy) is 2. The molecule has 2 aliphatic heterocycles. The molecular formula is C48H82O6. The number of aldehydes is 1. The van der Waals surface area contributed by atoms with Crippen LogP contribution in [-0.2, 0) is 19.1 Å². The van der Waals surface area contributed by atoms with Crippen molar-refractivity contribution in [3.8, 4) is 0 Å². The zero-order valence-electron chi connectivity index (χ0n) is 36.9. The Balaban J connectivity index is 0.000000138. The van der Waals surface area contributed by atoms with Crippen molar-refractivity contribution in [1.82, 2.24) is 0 Å². The van der Waals surface area contributed by atoms with Crippen molar-refractivity contribution in [2.45, 2.75) is 222 Å². The molecule has 8 aliphatic rings. The molecule has 13 unspecified atom stereocenters. The normalized spacial score (nSPS) is 50.9. The van der Waals surface area contributed by atoms with Crippen molar-refractivity contribution in [3.05, 3.63) is 0 Å². The van der Waals surface area contributed by atoms with E-state index in [0.29, 0.717) is 57.7 Å². The minimum atomic E-state index is -0.667. The summed E-state index contributed by atoms with van der Waals surface area (Å²) in [5.74, 6) is 3.34. The van der Waals surface area contributed by atoms with Gasteiger partial charge >= 0.3 is 5.97 Å². The summed E-state index contributed by atoms with van der Waals surface area (Å²) in [6.07, 6.45) is 20.7. The summed E-state index contributed by atoms with van der Waals surface area (Å²) in [6, 6.07) is 0. The molecule has 8 rings (SSSR count). The highest BCUT2D eigenvalue weighted by atomic mass is 16.6. The van der Waals surface area contributed by atoms with Gasteiger partial charge in [-0.15, -0.1) is 0 Å². The molecule has 6 nitrogen and oxygen atoms in total. The van der Waals surface area contributed by atoms with Crippen LogP contribution in [-0.4, -0.2) is 45.6 Å². The van der Waals surface area contributed by atoms with E-state index < -0.39 is 11.9 Å². The van der Waals surface area contributed by atoms with E-state index in [2.05, 4.69) is 76.2 Å². The summed E-state index contributed by atoms with van der Waals surface area (Å²) in [6.45, 7) is 28.1. The average Bonchev–Trinajstić information content (AvgIpc) is 3.53. The van der Waals surface area contributed by atoms with Gasteiger partial charge in [0.2, 0.25) is 0 Å². The molecule has 54 heavy (non-hydrogen) atoms. The summed E-state index contributed by atoms with van der Waals surface area (Å²) in [5.41, 5.74) is 1.14. The van der Waals surface area contributed by atoms with Gasteiger partial charge in [-0.05, 0) is 160 Å². The van der Waals surface area contributed by atoms with Gasteiger partial charge in [0, 0.05) is 18.8 Å². The number of carbonyl (C=O) groups is 2. The van der Waals surface area contributed by atoms with E-state index in [-0.39, 0.29) is 28.5 Å². The molecule has 310 valence electrons. The third kappa shape index (κ3) is 7.11. The predicted octanol–water partition coefficient (Wildman–Crippen LogP) is 11.2. The van der Waals surface area contributed by atoms with Gasteiger partial charge < -0.3 is 24.5 Å². The minimum Gasteiger partial charge on any atom is -0.459 e. The molecule has 2 N–H and O–H groups in total. The molecule has 0 aromatic rings. The molecule has 2 saturated heterocycles. The summed E-state index contributed by atoms with van der Waals surface area (Å²) in [7, 11) is 0. The van der Waals surface area contributed by atoms with E-state index in [0.717, 1.165) is 56.6 Å². The molecule has 0 spiro atoms. The lowest BCUT2D eigenvalue weighted by Gasteiger charge is -2.61. The van der Waals surface area contributed by atoms with Gasteiger partial charge in [-0.2, -0.15) is 0 Å². The maximum atomic E-state index is 11.8. The molecule has 8 fully saturated rings. The lowest BCUT2D eigenvalue weighted by Crippen LogP contribution is -2.57. The second-order valence-corrected chi connectivity index (χ2v) is 23.8. The SMILES string of the molecule is CC1(C)CCCC2(C)C1CCC(C)(O)C2CC=O.CC1(C)CCCC2(C)C1CCC1(C)OC(=O)CC12.CC1(C)CCCC2(C)C1CCC1(C)OC(O)CC12. The summed E-state index contributed by atoms with van der Waals surface area (Å²) >= 11 is 0. The van der Waals surface area contributed by atoms with Crippen LogP contribution < -0.4 is 0 Å². The van der Waals surface area contributed by atoms with E-state index in [9.17, 15) is 19.8 Å². The number of hydrogen-bond acceptors (Lipinski definition) is 6. The smallest absolute Gasteiger partial charge is 0.306 e. The minimum absolute atomic E-state index is 0.0350. The Morgan fingerprint density at radius 2 is 1.04 bits per heavy atom. The Bertz CT molecular complexity index is 1370. The monoisotopic (exact) mass is 755 g/mol. The van der Waals surface area contributed by atoms with Crippen molar-refractivity contribution in [2.75, 3.05) is 0 Å². The van der Waals surface area contributed by atoms with E-state index in [1.807, 2.05) is 6.92 Å². The molecule has 2 heterocycles. The van der Waals surface area contributed by atoms with Crippen molar-refractivity contribution in [3.63, 3.8) is 0 Å². The molecule has 6 heteroatoms. The van der Waals surface area contributed by atoms with E-state index in [1.165, 1.54) is 64.2 Å². The van der Waals surface area contributed by atoms with Gasteiger partial charge in [0.1, 0.15) is 11.9 Å². The van der Waals surface area contributed by atoms with Gasteiger partial charge in [0.05, 0.1) is 17.6 Å². The summed E-state index contributed by atoms with van der Waals surface area (Å²) in [5, 5.41) is 20.6. The maximum absolute atomic E-state index is 11.8. The summed E-state index contributed by atoms with van der Waals surface area (Å²) in [4.78, 5) is 22.8. The van der Waals surface area contributed by atoms with Crippen LogP contribution in [0.25, 0.3) is 0 Å². The zero-order valence-corrected chi connectivity index (χ0v) is 36.9. The number of carbonyl (C=O) groups excluding carboxylic acids is 2. The van der Waals surface area contributed by atoms with Crippen LogP contribution in [0.4, 0.5) is 0 Å². The van der Waals surface area contributed by atoms with E-state index in [4.69, 9.17) is 9.47 Å². The predicted molar refractivity (Wildman–Crippen MR) is 216 cm³/mol. The average molecular weight is 755 g/mol. The fourth-order valence-corrected chi connectivity index (χ4v) is 16.7. The lowest BCUT2D eigenvalue weighted by atomic mass is 9.45. The Labute approximate surface area is 330 Å². The van der Waals surface area contributed by atoms with Gasteiger partial charge in [-0.1, -0.05) is 81.6 Å². The Hall–Kier alpha value is -0.980. The van der Waals surface area contributed by atoms with Gasteiger partial charge in [-0.3, -0.25) is 4.79 Å². The first-order chi connectivity index (χ1) is 24.8. The van der Waals surface area contributed by atoms with Gasteiger partial charge in [0.15, 0.2) is 6.29 Å². The number of aliphatic hydroxyl groups is 2. The fraction of sp³-hybridized carbons (Fsp3) is 0.958. The zero-order chi connectivity index (χ0) is 40.0. The van der Waals surface area contributed by atoms with Crippen molar-refractivity contribution < 1.29 is 29.3 Å². The van der Waals surface area contributed by atoms with Crippen LogP contribution in [0.2, 0.25) is 0 Å². The molecule has 6 saturated carbocycles. The van der Waals surface area contributed by atoms with Gasteiger partial charge in [-0.25, -0.2) is 0 Å². The highest BCUT2D eigenvalue weighted by Gasteiger charge is 2.64. The van der Waals surface area contributed by atoms with E-state index in [1.54, 1.807) is 0 Å². The number of hydrogen-bond donors (Lipinski definition) is 2. The quantitative estimate of drug-likeness (QED) is 0.215. The number of fused-ring (bicyclic) bond motifs is 7. The second kappa shape index (κ2) is 14.1.